The van der Waals surface area contributed by atoms with Gasteiger partial charge in [-0.15, -0.1) is 21.5 Å². The van der Waals surface area contributed by atoms with Crippen LogP contribution in [-0.4, -0.2) is 69.8 Å². The van der Waals surface area contributed by atoms with Crippen LogP contribution in [-0.2, 0) is 18.9 Å². The monoisotopic (exact) mass is 1230 g/mol. The van der Waals surface area contributed by atoms with Crippen molar-refractivity contribution in [2.24, 2.45) is 0 Å². The Hall–Kier alpha value is -8.11. The van der Waals surface area contributed by atoms with Gasteiger partial charge in [-0.1, -0.05) is 87.8 Å². The molecule has 2 heterocycles. The molecule has 16 nitrogen and oxygen atoms in total. The Morgan fingerprint density at radius 2 is 0.775 bits per heavy atom. The maximum Gasteiger partial charge on any atom is 0.414 e. The molecule has 8 rings (SSSR count). The Kier molecular flexibility index (Phi) is 22.0. The number of aryl methyl sites for hydroxylation is 4. The zero-order valence-corrected chi connectivity index (χ0v) is 56.1. The molecule has 6 aromatic carbocycles. The van der Waals surface area contributed by atoms with Gasteiger partial charge >= 0.3 is 24.4 Å². The molecular weight excluding hydrogens is 1140 g/mol. The van der Waals surface area contributed by atoms with Gasteiger partial charge in [-0.2, -0.15) is 0 Å². The van der Waals surface area contributed by atoms with Gasteiger partial charge in [0.15, 0.2) is 0 Å². The van der Waals surface area contributed by atoms with E-state index in [1.807, 2.05) is 220 Å². The van der Waals surface area contributed by atoms with Crippen LogP contribution < -0.4 is 29.6 Å². The minimum absolute atomic E-state index is 0. The lowest BCUT2D eigenvalue weighted by Crippen LogP contribution is -2.39. The summed E-state index contributed by atoms with van der Waals surface area (Å²) in [6, 6.07) is 36.0. The Morgan fingerprint density at radius 1 is 0.416 bits per heavy atom. The highest BCUT2D eigenvalue weighted by Gasteiger charge is 2.32. The first-order valence-electron chi connectivity index (χ1n) is 31.2. The van der Waals surface area contributed by atoms with Crippen LogP contribution in [0.5, 0.6) is 0 Å². The van der Waals surface area contributed by atoms with Crippen molar-refractivity contribution < 1.29 is 47.3 Å². The molecule has 0 aliphatic heterocycles. The van der Waals surface area contributed by atoms with Crippen LogP contribution in [0.4, 0.5) is 41.9 Å². The molecule has 8 aromatic rings. The molecule has 0 bridgehead atoms. The summed E-state index contributed by atoms with van der Waals surface area (Å²) < 4.78 is 27.7. The Bertz CT molecular complexity index is 3790. The number of unbranched alkanes of at least 4 members (excludes halogenated alkanes) is 9. The molecule has 17 heteroatoms. The summed E-state index contributed by atoms with van der Waals surface area (Å²) in [5.74, 6) is 0. The van der Waals surface area contributed by atoms with Crippen molar-refractivity contribution in [3.63, 3.8) is 0 Å². The second-order valence-corrected chi connectivity index (χ2v) is 27.1. The van der Waals surface area contributed by atoms with Crippen LogP contribution in [0.15, 0.2) is 109 Å². The number of anilines is 4. The van der Waals surface area contributed by atoms with Crippen LogP contribution in [0.1, 0.15) is 170 Å². The molecule has 4 amide bonds. The number of para-hydroxylation sites is 2. The molecule has 2 aromatic heterocycles. The van der Waals surface area contributed by atoms with E-state index in [1.54, 1.807) is 9.80 Å². The summed E-state index contributed by atoms with van der Waals surface area (Å²) in [7, 11) is 0. The van der Waals surface area contributed by atoms with Gasteiger partial charge in [-0.05, 0) is 171 Å². The second-order valence-electron chi connectivity index (χ2n) is 27.1. The summed E-state index contributed by atoms with van der Waals surface area (Å²) in [6.07, 6.45) is 8.07. The number of hydrogen-bond donors (Lipinski definition) is 2. The lowest BCUT2D eigenvalue weighted by molar-refractivity contribution is -0.538. The van der Waals surface area contributed by atoms with E-state index in [2.05, 4.69) is 19.8 Å². The van der Waals surface area contributed by atoms with Crippen molar-refractivity contribution in [1.29, 1.82) is 0 Å². The number of rotatable bonds is 19. The third-order valence-electron chi connectivity index (χ3n) is 14.9. The summed E-state index contributed by atoms with van der Waals surface area (Å²) >= 11 is 0. The van der Waals surface area contributed by atoms with Crippen molar-refractivity contribution in [2.75, 3.05) is 33.5 Å². The van der Waals surface area contributed by atoms with Gasteiger partial charge in [-0.25, -0.2) is 29.1 Å². The van der Waals surface area contributed by atoms with Crippen molar-refractivity contribution in [3.8, 4) is 11.4 Å². The minimum atomic E-state index is -0.705. The number of amides is 4. The first-order valence-corrected chi connectivity index (χ1v) is 31.2. The third-order valence-corrected chi connectivity index (χ3v) is 14.9. The number of halogens is 1. The zero-order valence-electron chi connectivity index (χ0n) is 55.2. The SMILES string of the molecule is Cc1cc2nc3cc(C)c(N(CCCCCCCCCCCCN(C(=O)OC(C)(C)C)c4ccc5nc6cc(C)c(NC(=O)OC(C)(C)C)cc6[n+](-c6ccccc6)c5c4C)C(=O)OC(C)(C)C)cc3[n+](-c3ccccc3)c2cc1NC(=O)OC(C)(C)C.Cl. The predicted molar refractivity (Wildman–Crippen MR) is 361 cm³/mol. The standard InChI is InChI=1S/C72H90N8O8.ClH/c1-47-41-56-61(44-54(47)75-65(81)85-69(5,6)7)79(51-33-27-25-28-34-51)63-46-60(49(3)43-58(63)74-56)78(68(84)88-72(14,15)16)40-32-24-22-20-18-17-19-21-23-31-39-77(67(83)87-71(11,12)13)59-38-37-53-64(50(59)4)80(52-35-29-26-30-36-52)62-45-55(48(2)42-57(62)73-53)76-66(82)86-70(8,9)10;/h25-30,33-38,41-46H,17-24,31-32,39-40H2,1-16H3;1H/p+2. The van der Waals surface area contributed by atoms with Gasteiger partial charge < -0.3 is 18.9 Å². The molecule has 0 atom stereocenters. The molecule has 0 aliphatic carbocycles. The number of nitrogens with one attached hydrogen (secondary N) is 2. The van der Waals surface area contributed by atoms with E-state index in [9.17, 15) is 19.2 Å². The third kappa shape index (κ3) is 18.0. The second kappa shape index (κ2) is 28.6. The fourth-order valence-corrected chi connectivity index (χ4v) is 11.0. The topological polar surface area (TPSA) is 169 Å². The van der Waals surface area contributed by atoms with Crippen molar-refractivity contribution >= 4 is 104 Å². The Balaban J connectivity index is 0.0000113. The lowest BCUT2D eigenvalue weighted by atomic mass is 10.1. The van der Waals surface area contributed by atoms with Gasteiger partial charge in [0.05, 0.1) is 22.7 Å². The highest BCUT2D eigenvalue weighted by molar-refractivity contribution is 5.97. The van der Waals surface area contributed by atoms with Gasteiger partial charge in [0.25, 0.3) is 0 Å². The van der Waals surface area contributed by atoms with E-state index in [1.165, 1.54) is 0 Å². The van der Waals surface area contributed by atoms with Crippen LogP contribution >= 0.6 is 12.4 Å². The maximum atomic E-state index is 14.2. The smallest absolute Gasteiger partial charge is 0.414 e. The first kappa shape index (κ1) is 68.4. The van der Waals surface area contributed by atoms with Crippen LogP contribution in [0, 0.1) is 27.7 Å². The molecular formula is C72H93ClN8O8+2. The average Bonchev–Trinajstić information content (AvgIpc) is 0.785. The lowest BCUT2D eigenvalue weighted by Gasteiger charge is -2.28. The molecule has 474 valence electrons. The van der Waals surface area contributed by atoms with E-state index in [0.717, 1.165) is 153 Å². The molecule has 2 N–H and O–H groups in total. The molecule has 0 spiro atoms. The summed E-state index contributed by atoms with van der Waals surface area (Å²) in [6.45, 7) is 31.2. The van der Waals surface area contributed by atoms with Crippen molar-refractivity contribution in [2.45, 2.75) is 197 Å². The largest absolute Gasteiger partial charge is 0.444 e. The molecule has 0 unspecified atom stereocenters. The van der Waals surface area contributed by atoms with E-state index in [0.29, 0.717) is 24.5 Å². The first-order chi connectivity index (χ1) is 41.4. The van der Waals surface area contributed by atoms with Crippen molar-refractivity contribution in [1.82, 2.24) is 9.97 Å². The quantitative estimate of drug-likeness (QED) is 0.0344. The van der Waals surface area contributed by atoms with Crippen LogP contribution in [0.3, 0.4) is 0 Å². The van der Waals surface area contributed by atoms with E-state index in [-0.39, 0.29) is 12.4 Å². The van der Waals surface area contributed by atoms with Gasteiger partial charge in [0, 0.05) is 61.1 Å². The summed E-state index contributed by atoms with van der Waals surface area (Å²) in [5.41, 5.74) is 11.5. The molecule has 0 aliphatic rings. The Labute approximate surface area is 532 Å². The van der Waals surface area contributed by atoms with E-state index in [4.69, 9.17) is 28.9 Å². The molecule has 0 fully saturated rings. The zero-order chi connectivity index (χ0) is 63.9. The number of ether oxygens (including phenoxy) is 4. The van der Waals surface area contributed by atoms with Gasteiger partial charge in [0.1, 0.15) is 44.5 Å². The van der Waals surface area contributed by atoms with Crippen LogP contribution in [0.2, 0.25) is 0 Å². The number of hydrogen-bond acceptors (Lipinski definition) is 10. The van der Waals surface area contributed by atoms with E-state index >= 15 is 0 Å². The normalized spacial score (nSPS) is 12.0. The maximum absolute atomic E-state index is 14.2. The van der Waals surface area contributed by atoms with Gasteiger partial charge in [-0.3, -0.25) is 20.4 Å². The summed E-state index contributed by atoms with van der Waals surface area (Å²) in [4.78, 5) is 68.4. The summed E-state index contributed by atoms with van der Waals surface area (Å²) in [5, 5.41) is 5.92. The number of aromatic nitrogens is 4. The van der Waals surface area contributed by atoms with Crippen molar-refractivity contribution in [3.05, 3.63) is 131 Å². The average molecular weight is 1230 g/mol. The molecule has 0 saturated carbocycles. The number of carbonyl (C=O) groups excluding carboxylic acids is 4. The highest BCUT2D eigenvalue weighted by Crippen LogP contribution is 2.34. The fourth-order valence-electron chi connectivity index (χ4n) is 11.0. The molecule has 0 radical (unpaired) electrons. The molecule has 0 saturated heterocycles. The predicted octanol–water partition coefficient (Wildman–Crippen LogP) is 18.1. The fraction of sp³-hybridized carbons (Fsp3) is 0.444. The number of fused-ring (bicyclic) bond motifs is 4. The molecule has 89 heavy (non-hydrogen) atoms. The van der Waals surface area contributed by atoms with Crippen LogP contribution in [0.25, 0.3) is 55.5 Å². The Morgan fingerprint density at radius 3 is 1.20 bits per heavy atom. The van der Waals surface area contributed by atoms with E-state index < -0.39 is 46.8 Å². The minimum Gasteiger partial charge on any atom is -0.444 e. The number of benzene rings is 6. The van der Waals surface area contributed by atoms with Gasteiger partial charge in [0.2, 0.25) is 33.4 Å². The number of carbonyl (C=O) groups is 4. The highest BCUT2D eigenvalue weighted by atomic mass is 35.5. The number of nitrogens with zero attached hydrogens (tertiary/aromatic N) is 6.